The molecule has 0 saturated carbocycles. The molecule has 2 nitrogen and oxygen atoms in total. The number of benzene rings is 2. The average Bonchev–Trinajstić information content (AvgIpc) is 2.45. The topological polar surface area (TPSA) is 18.5 Å². The molecule has 0 fully saturated rings. The van der Waals surface area contributed by atoms with E-state index in [2.05, 4.69) is 72.9 Å². The lowest BCUT2D eigenvalue weighted by atomic mass is 10.0. The lowest BCUT2D eigenvalue weighted by Crippen LogP contribution is -1.98. The van der Waals surface area contributed by atoms with Crippen molar-refractivity contribution >= 4 is 47.8 Å². The molecular weight excluding hydrogens is 464 g/mol. The lowest BCUT2D eigenvalue weighted by molar-refractivity contribution is 0.354. The van der Waals surface area contributed by atoms with Crippen LogP contribution in [-0.2, 0) is 0 Å². The SMILES string of the molecule is COc1cc(Br)c(C(Br)c2cc(C)cc(Br)c2)cc1OC. The van der Waals surface area contributed by atoms with Crippen LogP contribution >= 0.6 is 47.8 Å². The fourth-order valence-electron chi connectivity index (χ4n) is 2.15. The van der Waals surface area contributed by atoms with Gasteiger partial charge in [-0.25, -0.2) is 0 Å². The van der Waals surface area contributed by atoms with Crippen molar-refractivity contribution in [2.75, 3.05) is 14.2 Å². The van der Waals surface area contributed by atoms with Crippen LogP contribution in [0.5, 0.6) is 11.5 Å². The Bertz CT molecular complexity index is 636. The van der Waals surface area contributed by atoms with Crippen LogP contribution in [0.25, 0.3) is 0 Å². The Morgan fingerprint density at radius 3 is 2.10 bits per heavy atom. The Hall–Kier alpha value is -0.520. The van der Waals surface area contributed by atoms with Gasteiger partial charge in [0, 0.05) is 8.95 Å². The summed E-state index contributed by atoms with van der Waals surface area (Å²) in [5.41, 5.74) is 3.47. The molecule has 0 aliphatic heterocycles. The zero-order chi connectivity index (χ0) is 15.6. The highest BCUT2D eigenvalue weighted by Crippen LogP contribution is 2.42. The van der Waals surface area contributed by atoms with Gasteiger partial charge in [0.1, 0.15) is 0 Å². The van der Waals surface area contributed by atoms with E-state index in [9.17, 15) is 0 Å². The zero-order valence-corrected chi connectivity index (χ0v) is 16.7. The number of alkyl halides is 1. The number of hydrogen-bond donors (Lipinski definition) is 0. The van der Waals surface area contributed by atoms with Gasteiger partial charge in [0.2, 0.25) is 0 Å². The molecule has 0 spiro atoms. The molecular formula is C16H15Br3O2. The third kappa shape index (κ3) is 3.82. The van der Waals surface area contributed by atoms with Gasteiger partial charge in [0.15, 0.2) is 11.5 Å². The Balaban J connectivity index is 2.49. The maximum Gasteiger partial charge on any atom is 0.161 e. The summed E-state index contributed by atoms with van der Waals surface area (Å²) in [4.78, 5) is 0.0582. The largest absolute Gasteiger partial charge is 0.493 e. The predicted octanol–water partition coefficient (Wildman–Crippen LogP) is 6.02. The van der Waals surface area contributed by atoms with Crippen molar-refractivity contribution in [2.45, 2.75) is 11.8 Å². The number of rotatable bonds is 4. The summed E-state index contributed by atoms with van der Waals surface area (Å²) < 4.78 is 12.7. The van der Waals surface area contributed by atoms with Crippen LogP contribution in [0.4, 0.5) is 0 Å². The Morgan fingerprint density at radius 2 is 1.52 bits per heavy atom. The van der Waals surface area contributed by atoms with Gasteiger partial charge in [-0.2, -0.15) is 0 Å². The molecule has 0 saturated heterocycles. The minimum Gasteiger partial charge on any atom is -0.493 e. The molecule has 2 rings (SSSR count). The molecule has 112 valence electrons. The molecule has 1 unspecified atom stereocenters. The lowest BCUT2D eigenvalue weighted by Gasteiger charge is -2.17. The summed E-state index contributed by atoms with van der Waals surface area (Å²) in [6.07, 6.45) is 0. The van der Waals surface area contributed by atoms with Gasteiger partial charge in [-0.15, -0.1) is 0 Å². The Kier molecular flexibility index (Phi) is 5.74. The molecule has 2 aromatic rings. The molecule has 0 bridgehead atoms. The third-order valence-corrected chi connectivity index (χ3v) is 5.30. The van der Waals surface area contributed by atoms with Crippen LogP contribution in [0.15, 0.2) is 39.3 Å². The first-order valence-electron chi connectivity index (χ1n) is 6.29. The minimum atomic E-state index is 0.0582. The van der Waals surface area contributed by atoms with E-state index in [0.29, 0.717) is 11.5 Å². The van der Waals surface area contributed by atoms with Crippen molar-refractivity contribution in [2.24, 2.45) is 0 Å². The first-order valence-corrected chi connectivity index (χ1v) is 8.79. The molecule has 0 aromatic heterocycles. The molecule has 1 atom stereocenters. The van der Waals surface area contributed by atoms with E-state index in [4.69, 9.17) is 9.47 Å². The third-order valence-electron chi connectivity index (χ3n) is 3.13. The molecule has 0 aliphatic rings. The molecule has 0 amide bonds. The summed E-state index contributed by atoms with van der Waals surface area (Å²) >= 11 is 10.9. The molecule has 0 radical (unpaired) electrons. The highest BCUT2D eigenvalue weighted by Gasteiger charge is 2.18. The second kappa shape index (κ2) is 7.16. The first kappa shape index (κ1) is 16.8. The monoisotopic (exact) mass is 476 g/mol. The van der Waals surface area contributed by atoms with E-state index < -0.39 is 0 Å². The van der Waals surface area contributed by atoms with Gasteiger partial charge in [0.05, 0.1) is 19.0 Å². The van der Waals surface area contributed by atoms with Crippen LogP contribution in [0, 0.1) is 6.92 Å². The van der Waals surface area contributed by atoms with E-state index in [0.717, 1.165) is 14.5 Å². The average molecular weight is 479 g/mol. The second-order valence-electron chi connectivity index (χ2n) is 4.65. The highest BCUT2D eigenvalue weighted by atomic mass is 79.9. The van der Waals surface area contributed by atoms with E-state index in [-0.39, 0.29) is 4.83 Å². The van der Waals surface area contributed by atoms with Crippen molar-refractivity contribution in [1.82, 2.24) is 0 Å². The molecule has 2 aromatic carbocycles. The summed E-state index contributed by atoms with van der Waals surface area (Å²) in [5.74, 6) is 1.42. The standard InChI is InChI=1S/C16H15Br3O2/c1-9-4-10(6-11(17)5-9)16(19)12-7-14(20-2)15(21-3)8-13(12)18/h4-8,16H,1-3H3. The maximum atomic E-state index is 5.39. The van der Waals surface area contributed by atoms with Gasteiger partial charge >= 0.3 is 0 Å². The van der Waals surface area contributed by atoms with Crippen molar-refractivity contribution in [1.29, 1.82) is 0 Å². The quantitative estimate of drug-likeness (QED) is 0.500. The van der Waals surface area contributed by atoms with Gasteiger partial charge in [-0.05, 0) is 47.9 Å². The van der Waals surface area contributed by atoms with Crippen molar-refractivity contribution < 1.29 is 9.47 Å². The number of halogens is 3. The van der Waals surface area contributed by atoms with Crippen molar-refractivity contribution in [3.63, 3.8) is 0 Å². The number of methoxy groups -OCH3 is 2. The van der Waals surface area contributed by atoms with Crippen LogP contribution in [0.2, 0.25) is 0 Å². The second-order valence-corrected chi connectivity index (χ2v) is 7.34. The van der Waals surface area contributed by atoms with Gasteiger partial charge in [0.25, 0.3) is 0 Å². The van der Waals surface area contributed by atoms with Gasteiger partial charge in [-0.3, -0.25) is 0 Å². The fraction of sp³-hybridized carbons (Fsp3) is 0.250. The molecule has 0 heterocycles. The number of hydrogen-bond acceptors (Lipinski definition) is 2. The zero-order valence-electron chi connectivity index (χ0n) is 11.9. The predicted molar refractivity (Wildman–Crippen MR) is 96.9 cm³/mol. The Morgan fingerprint density at radius 1 is 0.905 bits per heavy atom. The summed E-state index contributed by atoms with van der Waals surface area (Å²) in [6, 6.07) is 10.3. The number of ether oxygens (including phenoxy) is 2. The maximum absolute atomic E-state index is 5.39. The molecule has 5 heteroatoms. The van der Waals surface area contributed by atoms with Crippen LogP contribution in [-0.4, -0.2) is 14.2 Å². The molecule has 21 heavy (non-hydrogen) atoms. The molecule has 0 aliphatic carbocycles. The van der Waals surface area contributed by atoms with Crippen LogP contribution in [0.1, 0.15) is 21.5 Å². The summed E-state index contributed by atoms with van der Waals surface area (Å²) in [7, 11) is 3.27. The van der Waals surface area contributed by atoms with Crippen LogP contribution in [0.3, 0.4) is 0 Å². The van der Waals surface area contributed by atoms with E-state index in [1.165, 1.54) is 11.1 Å². The first-order chi connectivity index (χ1) is 9.96. The fourth-order valence-corrected chi connectivity index (χ4v) is 4.28. The highest BCUT2D eigenvalue weighted by molar-refractivity contribution is 9.11. The minimum absolute atomic E-state index is 0.0582. The van der Waals surface area contributed by atoms with Gasteiger partial charge in [-0.1, -0.05) is 53.9 Å². The van der Waals surface area contributed by atoms with Crippen LogP contribution < -0.4 is 9.47 Å². The van der Waals surface area contributed by atoms with E-state index in [1.807, 2.05) is 12.1 Å². The van der Waals surface area contributed by atoms with Crippen molar-refractivity contribution in [3.8, 4) is 11.5 Å². The van der Waals surface area contributed by atoms with E-state index >= 15 is 0 Å². The summed E-state index contributed by atoms with van der Waals surface area (Å²) in [5, 5.41) is 0. The van der Waals surface area contributed by atoms with Crippen molar-refractivity contribution in [3.05, 3.63) is 56.0 Å². The molecule has 0 N–H and O–H groups in total. The Labute approximate surface area is 150 Å². The normalized spacial score (nSPS) is 12.1. The van der Waals surface area contributed by atoms with E-state index in [1.54, 1.807) is 14.2 Å². The number of aryl methyl sites for hydroxylation is 1. The van der Waals surface area contributed by atoms with Gasteiger partial charge < -0.3 is 9.47 Å². The smallest absolute Gasteiger partial charge is 0.161 e. The summed E-state index contributed by atoms with van der Waals surface area (Å²) in [6.45, 7) is 2.08.